The number of amides is 1. The Balaban J connectivity index is 1.99. The molecule has 0 unspecified atom stereocenters. The molecule has 1 aliphatic rings. The Bertz CT molecular complexity index is 614. The molecule has 24 heavy (non-hydrogen) atoms. The van der Waals surface area contributed by atoms with E-state index in [1.807, 2.05) is 38.1 Å². The fourth-order valence-corrected chi connectivity index (χ4v) is 3.80. The van der Waals surface area contributed by atoms with Gasteiger partial charge in [-0.05, 0) is 56.0 Å². The summed E-state index contributed by atoms with van der Waals surface area (Å²) >= 11 is 7.01. The van der Waals surface area contributed by atoms with Crippen molar-refractivity contribution in [2.45, 2.75) is 49.7 Å². The molecular formula is C18H24Br2N2O2. The Kier molecular flexibility index (Phi) is 6.48. The van der Waals surface area contributed by atoms with Crippen LogP contribution in [0.4, 0.5) is 0 Å². The van der Waals surface area contributed by atoms with Crippen LogP contribution in [-0.4, -0.2) is 21.5 Å². The largest absolute Gasteiger partial charge is 0.494 e. The smallest absolute Gasteiger partial charge is 0.248 e. The van der Waals surface area contributed by atoms with Gasteiger partial charge in [0, 0.05) is 0 Å². The number of nitrogens with zero attached hydrogens (tertiary/aromatic N) is 1. The average Bonchev–Trinajstić information content (AvgIpc) is 3.09. The molecule has 1 amide bonds. The van der Waals surface area contributed by atoms with Crippen molar-refractivity contribution in [3.05, 3.63) is 29.8 Å². The molecule has 1 atom stereocenters. The lowest BCUT2D eigenvalue weighted by Gasteiger charge is -2.12. The summed E-state index contributed by atoms with van der Waals surface area (Å²) in [6, 6.07) is 7.85. The second-order valence-electron chi connectivity index (χ2n) is 6.29. The molecule has 1 aromatic carbocycles. The van der Waals surface area contributed by atoms with Crippen LogP contribution in [-0.2, 0) is 4.79 Å². The van der Waals surface area contributed by atoms with Gasteiger partial charge in [-0.3, -0.25) is 4.79 Å². The number of benzene rings is 1. The molecule has 132 valence electrons. The molecular weight excluding hydrogens is 436 g/mol. The monoisotopic (exact) mass is 458 g/mol. The van der Waals surface area contributed by atoms with Crippen molar-refractivity contribution in [3.8, 4) is 5.75 Å². The van der Waals surface area contributed by atoms with Crippen LogP contribution in [0.5, 0.6) is 5.75 Å². The van der Waals surface area contributed by atoms with Crippen molar-refractivity contribution in [2.75, 3.05) is 6.61 Å². The number of hydrogen-bond acceptors (Lipinski definition) is 3. The molecule has 0 saturated heterocycles. The number of carbonyl (C=O) groups is 1. The maximum atomic E-state index is 12.3. The van der Waals surface area contributed by atoms with Crippen molar-refractivity contribution in [3.63, 3.8) is 0 Å². The lowest BCUT2D eigenvalue weighted by Crippen LogP contribution is -2.30. The molecule has 4 nitrogen and oxygen atoms in total. The Morgan fingerprint density at radius 3 is 2.42 bits per heavy atom. The standard InChI is InChI=1S/C18H24Br2N2O2/c1-4-6-11-24-14-9-7-13(8-10-14)15(5-2)21-22-16(23)17(3)12-18(17,19)20/h7-10H,4-6,11-12H2,1-3H3,(H,22,23)/t17-/m1/s1. The highest BCUT2D eigenvalue weighted by Crippen LogP contribution is 2.66. The normalized spacial score (nSPS) is 22.1. The number of unbranched alkanes of at least 4 members (excludes halogenated alkanes) is 1. The first-order valence-corrected chi connectivity index (χ1v) is 9.90. The molecule has 0 aromatic heterocycles. The predicted molar refractivity (Wildman–Crippen MR) is 105 cm³/mol. The molecule has 1 fully saturated rings. The second kappa shape index (κ2) is 8.00. The Hall–Kier alpha value is -0.880. The zero-order valence-electron chi connectivity index (χ0n) is 14.4. The summed E-state index contributed by atoms with van der Waals surface area (Å²) < 4.78 is 5.36. The molecule has 0 aliphatic heterocycles. The highest BCUT2D eigenvalue weighted by Gasteiger charge is 2.66. The van der Waals surface area contributed by atoms with Gasteiger partial charge < -0.3 is 4.74 Å². The van der Waals surface area contributed by atoms with Crippen LogP contribution >= 0.6 is 31.9 Å². The summed E-state index contributed by atoms with van der Waals surface area (Å²) in [5, 5.41) is 4.32. The van der Waals surface area contributed by atoms with Gasteiger partial charge in [-0.2, -0.15) is 5.10 Å². The summed E-state index contributed by atoms with van der Waals surface area (Å²) in [6.45, 7) is 6.81. The second-order valence-corrected chi connectivity index (χ2v) is 10.1. The van der Waals surface area contributed by atoms with Crippen LogP contribution in [0.15, 0.2) is 29.4 Å². The fraction of sp³-hybridized carbons (Fsp3) is 0.556. The number of hydrazone groups is 1. The van der Waals surface area contributed by atoms with Gasteiger partial charge in [-0.15, -0.1) is 0 Å². The SMILES string of the molecule is CCCCOc1ccc(C(CC)=NNC(=O)[C@@]2(C)CC2(Br)Br)cc1. The number of nitrogens with one attached hydrogen (secondary N) is 1. The van der Waals surface area contributed by atoms with Gasteiger partial charge >= 0.3 is 0 Å². The van der Waals surface area contributed by atoms with E-state index in [1.54, 1.807) is 0 Å². The summed E-state index contributed by atoms with van der Waals surface area (Å²) in [6.07, 6.45) is 3.65. The zero-order valence-corrected chi connectivity index (χ0v) is 17.5. The van der Waals surface area contributed by atoms with Crippen LogP contribution < -0.4 is 10.2 Å². The lowest BCUT2D eigenvalue weighted by atomic mass is 10.1. The van der Waals surface area contributed by atoms with Gasteiger partial charge in [-0.25, -0.2) is 5.43 Å². The van der Waals surface area contributed by atoms with Crippen LogP contribution in [0.25, 0.3) is 0 Å². The third kappa shape index (κ3) is 4.39. The minimum atomic E-state index is -0.466. The van der Waals surface area contributed by atoms with Gasteiger partial charge in [0.25, 0.3) is 0 Å². The highest BCUT2D eigenvalue weighted by molar-refractivity contribution is 9.25. The number of hydrogen-bond donors (Lipinski definition) is 1. The first-order valence-electron chi connectivity index (χ1n) is 8.32. The number of carbonyl (C=O) groups excluding carboxylic acids is 1. The van der Waals surface area contributed by atoms with Crippen molar-refractivity contribution in [1.29, 1.82) is 0 Å². The Morgan fingerprint density at radius 2 is 1.92 bits per heavy atom. The average molecular weight is 460 g/mol. The summed E-state index contributed by atoms with van der Waals surface area (Å²) in [5.41, 5.74) is 4.08. The molecule has 0 bridgehead atoms. The molecule has 2 rings (SSSR count). The van der Waals surface area contributed by atoms with Crippen molar-refractivity contribution in [2.24, 2.45) is 10.5 Å². The summed E-state index contributed by atoms with van der Waals surface area (Å²) in [5.74, 6) is 0.780. The van der Waals surface area contributed by atoms with Gasteiger partial charge in [0.1, 0.15) is 5.75 Å². The van der Waals surface area contributed by atoms with E-state index >= 15 is 0 Å². The topological polar surface area (TPSA) is 50.7 Å². The summed E-state index contributed by atoms with van der Waals surface area (Å²) in [4.78, 5) is 12.3. The van der Waals surface area contributed by atoms with Crippen LogP contribution in [0.3, 0.4) is 0 Å². The maximum Gasteiger partial charge on any atom is 0.248 e. The van der Waals surface area contributed by atoms with Crippen molar-refractivity contribution in [1.82, 2.24) is 5.43 Å². The van der Waals surface area contributed by atoms with Crippen molar-refractivity contribution < 1.29 is 9.53 Å². The Labute approximate surface area is 160 Å². The highest BCUT2D eigenvalue weighted by atomic mass is 79.9. The van der Waals surface area contributed by atoms with E-state index in [4.69, 9.17) is 4.74 Å². The number of ether oxygens (including phenoxy) is 1. The van der Waals surface area contributed by atoms with Gasteiger partial charge in [0.05, 0.1) is 21.0 Å². The minimum absolute atomic E-state index is 0.0817. The van der Waals surface area contributed by atoms with Crippen LogP contribution in [0, 0.1) is 5.41 Å². The molecule has 0 heterocycles. The number of alkyl halides is 2. The summed E-state index contributed by atoms with van der Waals surface area (Å²) in [7, 11) is 0. The van der Waals surface area contributed by atoms with Gasteiger partial charge in [-0.1, -0.05) is 52.1 Å². The lowest BCUT2D eigenvalue weighted by molar-refractivity contribution is -0.125. The molecule has 0 spiro atoms. The molecule has 1 saturated carbocycles. The minimum Gasteiger partial charge on any atom is -0.494 e. The van der Waals surface area contributed by atoms with Gasteiger partial charge in [0.2, 0.25) is 5.91 Å². The third-order valence-electron chi connectivity index (χ3n) is 4.34. The Morgan fingerprint density at radius 1 is 1.29 bits per heavy atom. The van der Waals surface area contributed by atoms with E-state index in [0.717, 1.165) is 49.3 Å². The third-order valence-corrected chi connectivity index (χ3v) is 6.65. The number of rotatable bonds is 8. The molecule has 1 N–H and O–H groups in total. The number of halogens is 2. The fourth-order valence-electron chi connectivity index (χ4n) is 2.31. The van der Waals surface area contributed by atoms with Crippen molar-refractivity contribution >= 4 is 43.5 Å². The molecule has 6 heteroatoms. The quantitative estimate of drug-likeness (QED) is 0.257. The van der Waals surface area contributed by atoms with E-state index in [0.29, 0.717) is 0 Å². The van der Waals surface area contributed by atoms with Crippen LogP contribution in [0.2, 0.25) is 0 Å². The van der Waals surface area contributed by atoms with E-state index in [2.05, 4.69) is 49.3 Å². The first kappa shape index (κ1) is 19.4. The van der Waals surface area contributed by atoms with E-state index < -0.39 is 5.41 Å². The van der Waals surface area contributed by atoms with E-state index in [1.165, 1.54) is 0 Å². The zero-order chi connectivity index (χ0) is 17.8. The molecule has 0 radical (unpaired) electrons. The van der Waals surface area contributed by atoms with E-state index in [9.17, 15) is 4.79 Å². The first-order chi connectivity index (χ1) is 11.3. The van der Waals surface area contributed by atoms with Gasteiger partial charge in [0.15, 0.2) is 0 Å². The predicted octanol–water partition coefficient (Wildman–Crippen LogP) is 4.99. The van der Waals surface area contributed by atoms with Crippen LogP contribution in [0.1, 0.15) is 52.0 Å². The van der Waals surface area contributed by atoms with E-state index in [-0.39, 0.29) is 9.14 Å². The molecule has 1 aromatic rings. The molecule has 1 aliphatic carbocycles. The maximum absolute atomic E-state index is 12.3.